The molecule has 0 aliphatic carbocycles. The fourth-order valence-electron chi connectivity index (χ4n) is 3.16. The van der Waals surface area contributed by atoms with E-state index in [9.17, 15) is 4.79 Å². The number of methoxy groups -OCH3 is 1. The summed E-state index contributed by atoms with van der Waals surface area (Å²) < 4.78 is 8.34. The van der Waals surface area contributed by atoms with Crippen LogP contribution >= 0.6 is 23.1 Å². The molecule has 2 aromatic carbocycles. The standard InChI is InChI=1S/C22H22N4O2S2/c1-26-12-11-23-22(26)21(15-7-9-16(28-2)10-8-15)25-19(27)13-29-14-20-24-17-5-3-4-6-18(17)30-20/h3-12,21H,13-14H2,1-2H3,(H,25,27)/t21-/m1/s1. The van der Waals surface area contributed by atoms with E-state index in [2.05, 4.69) is 21.4 Å². The summed E-state index contributed by atoms with van der Waals surface area (Å²) in [4.78, 5) is 21.8. The van der Waals surface area contributed by atoms with Crippen molar-refractivity contribution in [2.24, 2.45) is 7.05 Å². The molecule has 0 unspecified atom stereocenters. The lowest BCUT2D eigenvalue weighted by Gasteiger charge is -2.19. The Morgan fingerprint density at radius 3 is 2.73 bits per heavy atom. The van der Waals surface area contributed by atoms with E-state index in [-0.39, 0.29) is 11.9 Å². The zero-order valence-electron chi connectivity index (χ0n) is 16.7. The molecule has 1 amide bonds. The molecule has 0 saturated carbocycles. The number of aryl methyl sites for hydroxylation is 1. The van der Waals surface area contributed by atoms with Crippen LogP contribution in [0.4, 0.5) is 0 Å². The first-order valence-corrected chi connectivity index (χ1v) is 11.4. The highest BCUT2D eigenvalue weighted by Crippen LogP contribution is 2.26. The van der Waals surface area contributed by atoms with Crippen molar-refractivity contribution in [2.75, 3.05) is 12.9 Å². The summed E-state index contributed by atoms with van der Waals surface area (Å²) in [6.07, 6.45) is 3.61. The van der Waals surface area contributed by atoms with Gasteiger partial charge in [-0.05, 0) is 29.8 Å². The first kappa shape index (κ1) is 20.4. The van der Waals surface area contributed by atoms with Crippen LogP contribution in [0.1, 0.15) is 22.4 Å². The van der Waals surface area contributed by atoms with Gasteiger partial charge in [-0.1, -0.05) is 24.3 Å². The minimum Gasteiger partial charge on any atom is -0.497 e. The van der Waals surface area contributed by atoms with Gasteiger partial charge >= 0.3 is 0 Å². The Balaban J connectivity index is 1.41. The van der Waals surface area contributed by atoms with Gasteiger partial charge in [0.1, 0.15) is 22.6 Å². The second-order valence-corrected chi connectivity index (χ2v) is 8.84. The highest BCUT2D eigenvalue weighted by molar-refractivity contribution is 7.99. The Bertz CT molecular complexity index is 1100. The molecule has 8 heteroatoms. The van der Waals surface area contributed by atoms with Crippen LogP contribution in [0, 0.1) is 0 Å². The van der Waals surface area contributed by atoms with Crippen molar-refractivity contribution in [1.82, 2.24) is 19.9 Å². The number of nitrogens with one attached hydrogen (secondary N) is 1. The summed E-state index contributed by atoms with van der Waals surface area (Å²) >= 11 is 3.24. The summed E-state index contributed by atoms with van der Waals surface area (Å²) in [5, 5.41) is 4.16. The lowest BCUT2D eigenvalue weighted by Crippen LogP contribution is -2.32. The minimum absolute atomic E-state index is 0.0371. The molecule has 0 aliphatic heterocycles. The van der Waals surface area contributed by atoms with Crippen molar-refractivity contribution >= 4 is 39.2 Å². The molecular weight excluding hydrogens is 416 g/mol. The van der Waals surface area contributed by atoms with Crippen LogP contribution in [0.3, 0.4) is 0 Å². The Kier molecular flexibility index (Phi) is 6.35. The van der Waals surface area contributed by atoms with Gasteiger partial charge in [-0.25, -0.2) is 9.97 Å². The SMILES string of the molecule is COc1ccc([C@@H](NC(=O)CSCc2nc3ccccc3s2)c2nccn2C)cc1. The van der Waals surface area contributed by atoms with Crippen molar-refractivity contribution in [2.45, 2.75) is 11.8 Å². The first-order valence-electron chi connectivity index (χ1n) is 9.47. The molecule has 6 nitrogen and oxygen atoms in total. The molecule has 2 aromatic heterocycles. The molecule has 0 radical (unpaired) electrons. The van der Waals surface area contributed by atoms with Gasteiger partial charge in [0.15, 0.2) is 0 Å². The second-order valence-electron chi connectivity index (χ2n) is 6.74. The Hall–Kier alpha value is -2.84. The van der Waals surface area contributed by atoms with E-state index >= 15 is 0 Å². The number of rotatable bonds is 8. The molecule has 1 atom stereocenters. The monoisotopic (exact) mass is 438 g/mol. The number of hydrogen-bond donors (Lipinski definition) is 1. The molecule has 154 valence electrons. The fraction of sp³-hybridized carbons (Fsp3) is 0.227. The Morgan fingerprint density at radius 2 is 2.03 bits per heavy atom. The average molecular weight is 439 g/mol. The van der Waals surface area contributed by atoms with Gasteiger partial charge in [0.2, 0.25) is 5.91 Å². The zero-order chi connectivity index (χ0) is 20.9. The maximum atomic E-state index is 12.7. The van der Waals surface area contributed by atoms with E-state index < -0.39 is 0 Å². The molecule has 1 N–H and O–H groups in total. The third-order valence-electron chi connectivity index (χ3n) is 4.67. The normalized spacial score (nSPS) is 12.1. The minimum atomic E-state index is -0.327. The first-order chi connectivity index (χ1) is 14.6. The van der Waals surface area contributed by atoms with Crippen molar-refractivity contribution in [3.05, 3.63) is 77.3 Å². The quantitative estimate of drug-likeness (QED) is 0.447. The van der Waals surface area contributed by atoms with Gasteiger partial charge in [-0.15, -0.1) is 23.1 Å². The van der Waals surface area contributed by atoms with Gasteiger partial charge in [0.05, 0.1) is 23.1 Å². The summed E-state index contributed by atoms with van der Waals surface area (Å²) in [6.45, 7) is 0. The largest absolute Gasteiger partial charge is 0.497 e. The molecule has 0 fully saturated rings. The van der Waals surface area contributed by atoms with Gasteiger partial charge in [0, 0.05) is 25.2 Å². The maximum absolute atomic E-state index is 12.7. The molecule has 0 bridgehead atoms. The third kappa shape index (κ3) is 4.66. The van der Waals surface area contributed by atoms with E-state index in [1.807, 2.05) is 60.3 Å². The van der Waals surface area contributed by atoms with E-state index in [1.165, 1.54) is 4.70 Å². The summed E-state index contributed by atoms with van der Waals surface area (Å²) in [6, 6.07) is 15.4. The van der Waals surface area contributed by atoms with Crippen LogP contribution in [0.15, 0.2) is 60.9 Å². The summed E-state index contributed by atoms with van der Waals surface area (Å²) in [5.41, 5.74) is 1.96. The van der Waals surface area contributed by atoms with Gasteiger partial charge in [-0.3, -0.25) is 4.79 Å². The lowest BCUT2D eigenvalue weighted by molar-refractivity contribution is -0.119. The van der Waals surface area contributed by atoms with Crippen LogP contribution < -0.4 is 10.1 Å². The maximum Gasteiger partial charge on any atom is 0.230 e. The lowest BCUT2D eigenvalue weighted by atomic mass is 10.1. The Labute approximate surface area is 183 Å². The number of carbonyl (C=O) groups is 1. The number of imidazole rings is 1. The molecule has 0 aliphatic rings. The van der Waals surface area contributed by atoms with Crippen LogP contribution in [0.2, 0.25) is 0 Å². The molecule has 2 heterocycles. The van der Waals surface area contributed by atoms with Crippen LogP contribution in [-0.4, -0.2) is 33.3 Å². The van der Waals surface area contributed by atoms with Crippen LogP contribution in [-0.2, 0) is 17.6 Å². The number of hydrogen-bond acceptors (Lipinski definition) is 6. The van der Waals surface area contributed by atoms with Crippen molar-refractivity contribution < 1.29 is 9.53 Å². The number of para-hydroxylation sites is 1. The van der Waals surface area contributed by atoms with Gasteiger partial charge < -0.3 is 14.6 Å². The number of nitrogens with zero attached hydrogens (tertiary/aromatic N) is 3. The van der Waals surface area contributed by atoms with Gasteiger partial charge in [0.25, 0.3) is 0 Å². The number of carbonyl (C=O) groups excluding carboxylic acids is 1. The number of aromatic nitrogens is 3. The van der Waals surface area contributed by atoms with Gasteiger partial charge in [-0.2, -0.15) is 0 Å². The number of thioether (sulfide) groups is 1. The summed E-state index contributed by atoms with van der Waals surface area (Å²) in [5.74, 6) is 2.58. The van der Waals surface area contributed by atoms with Crippen molar-refractivity contribution in [1.29, 1.82) is 0 Å². The van der Waals surface area contributed by atoms with E-state index in [1.54, 1.807) is 36.4 Å². The Morgan fingerprint density at radius 1 is 1.23 bits per heavy atom. The average Bonchev–Trinajstić information content (AvgIpc) is 3.37. The van der Waals surface area contributed by atoms with E-state index in [0.29, 0.717) is 11.5 Å². The topological polar surface area (TPSA) is 69.0 Å². The zero-order valence-corrected chi connectivity index (χ0v) is 18.4. The number of thiazole rings is 1. The smallest absolute Gasteiger partial charge is 0.230 e. The molecule has 4 rings (SSSR count). The number of benzene rings is 2. The molecule has 0 spiro atoms. The highest BCUT2D eigenvalue weighted by atomic mass is 32.2. The van der Waals surface area contributed by atoms with E-state index in [4.69, 9.17) is 4.74 Å². The van der Waals surface area contributed by atoms with Crippen molar-refractivity contribution in [3.63, 3.8) is 0 Å². The third-order valence-corrected chi connectivity index (χ3v) is 6.83. The van der Waals surface area contributed by atoms with E-state index in [0.717, 1.165) is 27.7 Å². The molecular formula is C22H22N4O2S2. The van der Waals surface area contributed by atoms with Crippen LogP contribution in [0.25, 0.3) is 10.2 Å². The predicted octanol–water partition coefficient (Wildman–Crippen LogP) is 4.18. The molecule has 0 saturated heterocycles. The summed E-state index contributed by atoms with van der Waals surface area (Å²) in [7, 11) is 3.56. The van der Waals surface area contributed by atoms with Crippen molar-refractivity contribution in [3.8, 4) is 5.75 Å². The fourth-order valence-corrected chi connectivity index (χ4v) is 5.02. The number of fused-ring (bicyclic) bond motifs is 1. The second kappa shape index (κ2) is 9.32. The highest BCUT2D eigenvalue weighted by Gasteiger charge is 2.21. The van der Waals surface area contributed by atoms with Crippen LogP contribution in [0.5, 0.6) is 5.75 Å². The number of amides is 1. The predicted molar refractivity (Wildman–Crippen MR) is 122 cm³/mol. The number of ether oxygens (including phenoxy) is 1. The molecule has 30 heavy (non-hydrogen) atoms. The molecule has 4 aromatic rings.